The number of halogens is 1. The second kappa shape index (κ2) is 9.21. The third-order valence-corrected chi connectivity index (χ3v) is 6.35. The minimum absolute atomic E-state index is 0.0470. The molecule has 0 fully saturated rings. The average Bonchev–Trinajstić information content (AvgIpc) is 2.65. The molecule has 27 heavy (non-hydrogen) atoms. The fourth-order valence-electron chi connectivity index (χ4n) is 2.54. The molecule has 0 aliphatic carbocycles. The van der Waals surface area contributed by atoms with E-state index in [1.165, 1.54) is 7.11 Å². The molecule has 6 nitrogen and oxygen atoms in total. The van der Waals surface area contributed by atoms with Crippen LogP contribution in [0.1, 0.15) is 18.1 Å². The highest BCUT2D eigenvalue weighted by molar-refractivity contribution is 7.89. The van der Waals surface area contributed by atoms with E-state index in [1.54, 1.807) is 50.2 Å². The molecule has 8 heteroatoms. The van der Waals surface area contributed by atoms with Crippen LogP contribution in [0.3, 0.4) is 0 Å². The van der Waals surface area contributed by atoms with E-state index in [2.05, 4.69) is 5.32 Å². The third-order valence-electron chi connectivity index (χ3n) is 4.04. The molecule has 0 heterocycles. The first-order valence-corrected chi connectivity index (χ1v) is 10.3. The normalized spacial score (nSPS) is 11.4. The van der Waals surface area contributed by atoms with Gasteiger partial charge < -0.3 is 10.1 Å². The molecule has 2 aromatic carbocycles. The number of aryl methyl sites for hydroxylation is 1. The molecular formula is C19H23ClN2O4S. The molecule has 0 unspecified atom stereocenters. The van der Waals surface area contributed by atoms with E-state index in [9.17, 15) is 13.2 Å². The lowest BCUT2D eigenvalue weighted by molar-refractivity contribution is -0.121. The van der Waals surface area contributed by atoms with Gasteiger partial charge in [0.2, 0.25) is 15.9 Å². The van der Waals surface area contributed by atoms with Crippen LogP contribution in [0.15, 0.2) is 47.4 Å². The topological polar surface area (TPSA) is 75.7 Å². The Labute approximate surface area is 165 Å². The molecular weight excluding hydrogens is 388 g/mol. The molecule has 0 spiro atoms. The van der Waals surface area contributed by atoms with Crippen molar-refractivity contribution in [2.45, 2.75) is 25.3 Å². The molecule has 0 radical (unpaired) electrons. The quantitative estimate of drug-likeness (QED) is 0.725. The standard InChI is InChI=1S/C19H23ClN2O4S/c1-4-22(13-19(23)21-12-15-7-5-6-8-16(15)20)27(24,25)18-11-14(2)9-10-17(18)26-3/h5-11H,4,12-13H2,1-3H3,(H,21,23). The molecule has 0 saturated heterocycles. The van der Waals surface area contributed by atoms with Gasteiger partial charge in [0.1, 0.15) is 10.6 Å². The van der Waals surface area contributed by atoms with Gasteiger partial charge in [-0.25, -0.2) is 8.42 Å². The zero-order valence-electron chi connectivity index (χ0n) is 15.5. The number of rotatable bonds is 8. The Morgan fingerprint density at radius 3 is 2.56 bits per heavy atom. The summed E-state index contributed by atoms with van der Waals surface area (Å²) in [6.45, 7) is 3.56. The molecule has 0 aliphatic rings. The SMILES string of the molecule is CCN(CC(=O)NCc1ccccc1Cl)S(=O)(=O)c1cc(C)ccc1OC. The van der Waals surface area contributed by atoms with Crippen molar-refractivity contribution in [3.05, 3.63) is 58.6 Å². The van der Waals surface area contributed by atoms with Crippen molar-refractivity contribution in [1.29, 1.82) is 0 Å². The summed E-state index contributed by atoms with van der Waals surface area (Å²) in [5.74, 6) is -0.164. The van der Waals surface area contributed by atoms with Crippen molar-refractivity contribution in [3.8, 4) is 5.75 Å². The second-order valence-corrected chi connectivity index (χ2v) is 8.27. The van der Waals surface area contributed by atoms with Crippen LogP contribution in [0.25, 0.3) is 0 Å². The smallest absolute Gasteiger partial charge is 0.247 e. The first-order valence-electron chi connectivity index (χ1n) is 8.44. The maximum atomic E-state index is 13.0. The molecule has 0 aliphatic heterocycles. The maximum absolute atomic E-state index is 13.0. The molecule has 0 saturated carbocycles. The van der Waals surface area contributed by atoms with E-state index in [0.29, 0.717) is 5.02 Å². The Hall–Kier alpha value is -2.09. The molecule has 1 N–H and O–H groups in total. The number of methoxy groups -OCH3 is 1. The number of carbonyl (C=O) groups is 1. The van der Waals surface area contributed by atoms with Gasteiger partial charge in [-0.05, 0) is 36.2 Å². The number of sulfonamides is 1. The highest BCUT2D eigenvalue weighted by Gasteiger charge is 2.28. The first-order chi connectivity index (χ1) is 12.8. The number of hydrogen-bond acceptors (Lipinski definition) is 4. The summed E-state index contributed by atoms with van der Waals surface area (Å²) < 4.78 is 32.3. The van der Waals surface area contributed by atoms with Crippen molar-refractivity contribution in [2.24, 2.45) is 0 Å². The summed E-state index contributed by atoms with van der Waals surface area (Å²) in [6.07, 6.45) is 0. The second-order valence-electron chi connectivity index (χ2n) is 5.95. The third kappa shape index (κ3) is 5.22. The Morgan fingerprint density at radius 1 is 1.22 bits per heavy atom. The lowest BCUT2D eigenvalue weighted by Gasteiger charge is -2.21. The number of benzene rings is 2. The van der Waals surface area contributed by atoms with Crippen LogP contribution in [-0.2, 0) is 21.4 Å². The van der Waals surface area contributed by atoms with Crippen LogP contribution < -0.4 is 10.1 Å². The van der Waals surface area contributed by atoms with Crippen LogP contribution in [0.5, 0.6) is 5.75 Å². The van der Waals surface area contributed by atoms with E-state index in [4.69, 9.17) is 16.3 Å². The minimum atomic E-state index is -3.88. The monoisotopic (exact) mass is 410 g/mol. The van der Waals surface area contributed by atoms with Gasteiger partial charge in [-0.1, -0.05) is 42.8 Å². The molecule has 1 amide bonds. The van der Waals surface area contributed by atoms with Crippen LogP contribution >= 0.6 is 11.6 Å². The molecule has 2 aromatic rings. The highest BCUT2D eigenvalue weighted by Crippen LogP contribution is 2.27. The van der Waals surface area contributed by atoms with Crippen molar-refractivity contribution < 1.29 is 17.9 Å². The van der Waals surface area contributed by atoms with E-state index >= 15 is 0 Å². The maximum Gasteiger partial charge on any atom is 0.247 e. The minimum Gasteiger partial charge on any atom is -0.495 e. The van der Waals surface area contributed by atoms with Gasteiger partial charge in [0.05, 0.1) is 13.7 Å². The van der Waals surface area contributed by atoms with Crippen LogP contribution in [0, 0.1) is 6.92 Å². The predicted molar refractivity (Wildman–Crippen MR) is 105 cm³/mol. The summed E-state index contributed by atoms with van der Waals surface area (Å²) in [7, 11) is -2.47. The highest BCUT2D eigenvalue weighted by atomic mass is 35.5. The summed E-state index contributed by atoms with van der Waals surface area (Å²) in [5, 5.41) is 3.25. The average molecular weight is 411 g/mol. The number of nitrogens with zero attached hydrogens (tertiary/aromatic N) is 1. The molecule has 0 atom stereocenters. The molecule has 0 bridgehead atoms. The van der Waals surface area contributed by atoms with Gasteiger partial charge in [0.15, 0.2) is 0 Å². The largest absolute Gasteiger partial charge is 0.495 e. The number of likely N-dealkylation sites (N-methyl/N-ethyl adjacent to an activating group) is 1. The fourth-order valence-corrected chi connectivity index (χ4v) is 4.39. The van der Waals surface area contributed by atoms with Crippen LogP contribution in [0.4, 0.5) is 0 Å². The van der Waals surface area contributed by atoms with E-state index in [-0.39, 0.29) is 30.3 Å². The zero-order chi connectivity index (χ0) is 20.0. The number of nitrogens with one attached hydrogen (secondary N) is 1. The van der Waals surface area contributed by atoms with Crippen molar-refractivity contribution in [3.63, 3.8) is 0 Å². The van der Waals surface area contributed by atoms with Crippen molar-refractivity contribution in [2.75, 3.05) is 20.2 Å². The fraction of sp³-hybridized carbons (Fsp3) is 0.316. The van der Waals surface area contributed by atoms with Gasteiger partial charge in [0.25, 0.3) is 0 Å². The lowest BCUT2D eigenvalue weighted by atomic mass is 10.2. The first kappa shape index (κ1) is 21.2. The molecule has 0 aromatic heterocycles. The van der Waals surface area contributed by atoms with Crippen LogP contribution in [-0.4, -0.2) is 38.8 Å². The van der Waals surface area contributed by atoms with Gasteiger partial charge >= 0.3 is 0 Å². The Bertz CT molecular complexity index is 916. The number of amides is 1. The Kier molecular flexibility index (Phi) is 7.24. The Morgan fingerprint density at radius 2 is 1.93 bits per heavy atom. The molecule has 146 valence electrons. The van der Waals surface area contributed by atoms with E-state index < -0.39 is 15.9 Å². The van der Waals surface area contributed by atoms with Gasteiger partial charge in [-0.15, -0.1) is 0 Å². The van der Waals surface area contributed by atoms with Gasteiger partial charge in [0, 0.05) is 18.1 Å². The summed E-state index contributed by atoms with van der Waals surface area (Å²) in [5.41, 5.74) is 1.55. The summed E-state index contributed by atoms with van der Waals surface area (Å²) in [4.78, 5) is 12.4. The number of ether oxygens (including phenoxy) is 1. The predicted octanol–water partition coefficient (Wildman–Crippen LogP) is 2.98. The number of carbonyl (C=O) groups excluding carboxylic acids is 1. The zero-order valence-corrected chi connectivity index (χ0v) is 17.1. The Balaban J connectivity index is 2.15. The van der Waals surface area contributed by atoms with Crippen molar-refractivity contribution >= 4 is 27.5 Å². The molecule has 2 rings (SSSR count). The van der Waals surface area contributed by atoms with Crippen molar-refractivity contribution in [1.82, 2.24) is 9.62 Å². The number of hydrogen-bond donors (Lipinski definition) is 1. The van der Waals surface area contributed by atoms with Gasteiger partial charge in [-0.2, -0.15) is 4.31 Å². The van der Waals surface area contributed by atoms with Crippen LogP contribution in [0.2, 0.25) is 5.02 Å². The lowest BCUT2D eigenvalue weighted by Crippen LogP contribution is -2.40. The van der Waals surface area contributed by atoms with E-state index in [0.717, 1.165) is 15.4 Å². The summed E-state index contributed by atoms with van der Waals surface area (Å²) in [6, 6.07) is 12.1. The van der Waals surface area contributed by atoms with E-state index in [1.807, 2.05) is 6.07 Å². The summed E-state index contributed by atoms with van der Waals surface area (Å²) >= 11 is 6.07. The van der Waals surface area contributed by atoms with Gasteiger partial charge in [-0.3, -0.25) is 4.79 Å².